The normalized spacial score (nSPS) is 10.1. The highest BCUT2D eigenvalue weighted by molar-refractivity contribution is 7.13. The number of rotatable bonds is 2. The van der Waals surface area contributed by atoms with Gasteiger partial charge in [-0.15, -0.1) is 11.3 Å². The highest BCUT2D eigenvalue weighted by Crippen LogP contribution is 2.17. The number of thiazole rings is 1. The maximum atomic E-state index is 12.0. The van der Waals surface area contributed by atoms with Gasteiger partial charge in [0.05, 0.1) is 0 Å². The first-order valence-electron chi connectivity index (χ1n) is 4.72. The number of para-hydroxylation sites is 1. The lowest BCUT2D eigenvalue weighted by Crippen LogP contribution is -2.26. The molecule has 1 amide bonds. The Hall–Kier alpha value is -1.88. The Morgan fingerprint density at radius 1 is 1.38 bits per heavy atom. The largest absolute Gasteiger partial charge is 0.375 e. The highest BCUT2D eigenvalue weighted by atomic mass is 32.1. The van der Waals surface area contributed by atoms with Gasteiger partial charge in [-0.3, -0.25) is 4.79 Å². The van der Waals surface area contributed by atoms with Gasteiger partial charge in [0.1, 0.15) is 5.69 Å². The summed E-state index contributed by atoms with van der Waals surface area (Å²) in [6.07, 6.45) is 0. The summed E-state index contributed by atoms with van der Waals surface area (Å²) in [5.41, 5.74) is 6.71. The Morgan fingerprint density at radius 3 is 2.62 bits per heavy atom. The maximum Gasteiger partial charge on any atom is 0.277 e. The SMILES string of the molecule is CN(C(=O)c1csc(N)n1)c1ccccc1. The van der Waals surface area contributed by atoms with Gasteiger partial charge in [-0.1, -0.05) is 18.2 Å². The molecular weight excluding hydrogens is 222 g/mol. The second-order valence-corrected chi connectivity index (χ2v) is 4.16. The van der Waals surface area contributed by atoms with Crippen molar-refractivity contribution in [3.63, 3.8) is 0 Å². The molecule has 1 aromatic carbocycles. The zero-order valence-electron chi connectivity index (χ0n) is 8.75. The fraction of sp³-hybridized carbons (Fsp3) is 0.0909. The summed E-state index contributed by atoms with van der Waals surface area (Å²) in [6, 6.07) is 9.41. The fourth-order valence-corrected chi connectivity index (χ4v) is 1.86. The monoisotopic (exact) mass is 233 g/mol. The molecule has 1 heterocycles. The van der Waals surface area contributed by atoms with Gasteiger partial charge in [0.2, 0.25) is 0 Å². The van der Waals surface area contributed by atoms with Crippen LogP contribution in [0.25, 0.3) is 0 Å². The van der Waals surface area contributed by atoms with E-state index in [0.717, 1.165) is 5.69 Å². The van der Waals surface area contributed by atoms with E-state index in [9.17, 15) is 4.79 Å². The van der Waals surface area contributed by atoms with Crippen LogP contribution in [0.4, 0.5) is 10.8 Å². The highest BCUT2D eigenvalue weighted by Gasteiger charge is 2.15. The first-order chi connectivity index (χ1) is 7.68. The van der Waals surface area contributed by atoms with Gasteiger partial charge in [0.25, 0.3) is 5.91 Å². The van der Waals surface area contributed by atoms with E-state index in [-0.39, 0.29) is 5.91 Å². The smallest absolute Gasteiger partial charge is 0.277 e. The molecule has 4 nitrogen and oxygen atoms in total. The van der Waals surface area contributed by atoms with Crippen molar-refractivity contribution < 1.29 is 4.79 Å². The third-order valence-corrected chi connectivity index (χ3v) is 2.86. The van der Waals surface area contributed by atoms with Crippen LogP contribution in [0.2, 0.25) is 0 Å². The van der Waals surface area contributed by atoms with E-state index in [1.807, 2.05) is 30.3 Å². The average molecular weight is 233 g/mol. The number of aromatic nitrogens is 1. The molecule has 0 aliphatic heterocycles. The number of amides is 1. The van der Waals surface area contributed by atoms with Crippen LogP contribution < -0.4 is 10.6 Å². The molecule has 16 heavy (non-hydrogen) atoms. The summed E-state index contributed by atoms with van der Waals surface area (Å²) in [4.78, 5) is 17.5. The van der Waals surface area contributed by atoms with Gasteiger partial charge < -0.3 is 10.6 Å². The second kappa shape index (κ2) is 4.32. The average Bonchev–Trinajstić information content (AvgIpc) is 2.75. The van der Waals surface area contributed by atoms with Crippen LogP contribution in [0.5, 0.6) is 0 Å². The van der Waals surface area contributed by atoms with E-state index in [4.69, 9.17) is 5.73 Å². The maximum absolute atomic E-state index is 12.0. The van der Waals surface area contributed by atoms with Crippen molar-refractivity contribution in [2.45, 2.75) is 0 Å². The summed E-state index contributed by atoms with van der Waals surface area (Å²) < 4.78 is 0. The van der Waals surface area contributed by atoms with Crippen molar-refractivity contribution in [1.82, 2.24) is 4.98 Å². The minimum absolute atomic E-state index is 0.154. The molecule has 0 saturated heterocycles. The van der Waals surface area contributed by atoms with Crippen molar-refractivity contribution in [2.24, 2.45) is 0 Å². The zero-order chi connectivity index (χ0) is 11.5. The third kappa shape index (κ3) is 2.04. The Bertz CT molecular complexity index is 495. The standard InChI is InChI=1S/C11H11N3OS/c1-14(8-5-3-2-4-6-8)10(15)9-7-16-11(12)13-9/h2-7H,1H3,(H2,12,13). The van der Waals surface area contributed by atoms with Gasteiger partial charge in [-0.25, -0.2) is 4.98 Å². The van der Waals surface area contributed by atoms with Crippen LogP contribution in [-0.2, 0) is 0 Å². The predicted molar refractivity (Wildman–Crippen MR) is 65.7 cm³/mol. The topological polar surface area (TPSA) is 59.2 Å². The lowest BCUT2D eigenvalue weighted by Gasteiger charge is -2.15. The minimum atomic E-state index is -0.154. The van der Waals surface area contributed by atoms with Gasteiger partial charge in [-0.2, -0.15) is 0 Å². The van der Waals surface area contributed by atoms with Crippen molar-refractivity contribution in [3.05, 3.63) is 41.4 Å². The molecular formula is C11H11N3OS. The summed E-state index contributed by atoms with van der Waals surface area (Å²) in [5, 5.41) is 2.07. The summed E-state index contributed by atoms with van der Waals surface area (Å²) in [5.74, 6) is -0.154. The van der Waals surface area contributed by atoms with Crippen LogP contribution in [0.1, 0.15) is 10.5 Å². The van der Waals surface area contributed by atoms with Gasteiger partial charge in [-0.05, 0) is 12.1 Å². The van der Waals surface area contributed by atoms with Crippen molar-refractivity contribution in [1.29, 1.82) is 0 Å². The molecule has 0 aliphatic rings. The van der Waals surface area contributed by atoms with Crippen LogP contribution in [-0.4, -0.2) is 17.9 Å². The van der Waals surface area contributed by atoms with E-state index < -0.39 is 0 Å². The molecule has 5 heteroatoms. The fourth-order valence-electron chi connectivity index (χ4n) is 1.33. The quantitative estimate of drug-likeness (QED) is 0.863. The van der Waals surface area contributed by atoms with Crippen LogP contribution in [0, 0.1) is 0 Å². The molecule has 2 N–H and O–H groups in total. The summed E-state index contributed by atoms with van der Waals surface area (Å²) >= 11 is 1.26. The number of benzene rings is 1. The molecule has 0 spiro atoms. The first-order valence-corrected chi connectivity index (χ1v) is 5.60. The number of carbonyl (C=O) groups excluding carboxylic acids is 1. The number of nitrogens with two attached hydrogens (primary N) is 1. The van der Waals surface area contributed by atoms with E-state index in [2.05, 4.69) is 4.98 Å². The molecule has 2 rings (SSSR count). The number of hydrogen-bond donors (Lipinski definition) is 1. The molecule has 0 saturated carbocycles. The van der Waals surface area contributed by atoms with E-state index in [0.29, 0.717) is 10.8 Å². The molecule has 0 bridgehead atoms. The van der Waals surface area contributed by atoms with Crippen LogP contribution >= 0.6 is 11.3 Å². The van der Waals surface area contributed by atoms with E-state index in [1.54, 1.807) is 17.3 Å². The Morgan fingerprint density at radius 2 is 2.06 bits per heavy atom. The zero-order valence-corrected chi connectivity index (χ0v) is 9.57. The minimum Gasteiger partial charge on any atom is -0.375 e. The Balaban J connectivity index is 2.23. The number of nitrogen functional groups attached to an aromatic ring is 1. The first kappa shape index (κ1) is 10.6. The van der Waals surface area contributed by atoms with Gasteiger partial charge in [0, 0.05) is 18.1 Å². The number of carbonyl (C=O) groups is 1. The molecule has 0 fully saturated rings. The second-order valence-electron chi connectivity index (χ2n) is 3.27. The lowest BCUT2D eigenvalue weighted by molar-refractivity contribution is 0.0989. The molecule has 0 aliphatic carbocycles. The molecule has 82 valence electrons. The Kier molecular flexibility index (Phi) is 2.87. The number of nitrogens with zero attached hydrogens (tertiary/aromatic N) is 2. The third-order valence-electron chi connectivity index (χ3n) is 2.19. The molecule has 2 aromatic rings. The van der Waals surface area contributed by atoms with Crippen LogP contribution in [0.15, 0.2) is 35.7 Å². The predicted octanol–water partition coefficient (Wildman–Crippen LogP) is 2.00. The molecule has 0 atom stereocenters. The summed E-state index contributed by atoms with van der Waals surface area (Å²) in [6.45, 7) is 0. The van der Waals surface area contributed by atoms with Gasteiger partial charge >= 0.3 is 0 Å². The van der Waals surface area contributed by atoms with E-state index >= 15 is 0 Å². The van der Waals surface area contributed by atoms with Crippen LogP contribution in [0.3, 0.4) is 0 Å². The molecule has 0 unspecified atom stereocenters. The molecule has 1 aromatic heterocycles. The Labute approximate surface area is 97.3 Å². The van der Waals surface area contributed by atoms with Crippen molar-refractivity contribution >= 4 is 28.1 Å². The number of anilines is 2. The van der Waals surface area contributed by atoms with Crippen molar-refractivity contribution in [2.75, 3.05) is 17.7 Å². The lowest BCUT2D eigenvalue weighted by atomic mass is 10.3. The summed E-state index contributed by atoms with van der Waals surface area (Å²) in [7, 11) is 1.72. The van der Waals surface area contributed by atoms with E-state index in [1.165, 1.54) is 11.3 Å². The molecule has 0 radical (unpaired) electrons. The number of hydrogen-bond acceptors (Lipinski definition) is 4. The van der Waals surface area contributed by atoms with Gasteiger partial charge in [0.15, 0.2) is 5.13 Å². The van der Waals surface area contributed by atoms with Crippen molar-refractivity contribution in [3.8, 4) is 0 Å².